The molecule has 5 nitrogen and oxygen atoms in total. The Morgan fingerprint density at radius 1 is 1.12 bits per heavy atom. The maximum atomic E-state index is 13.3. The number of hydrogen-bond donors (Lipinski definition) is 1. The van der Waals surface area contributed by atoms with Crippen LogP contribution in [0.3, 0.4) is 0 Å². The Kier molecular flexibility index (Phi) is 10.3. The highest BCUT2D eigenvalue weighted by molar-refractivity contribution is 9.10. The molecular weight excluding hydrogens is 515 g/mol. The first-order chi connectivity index (χ1) is 15.2. The number of carbonyl (C=O) groups excluding carboxylic acids is 2. The van der Waals surface area contributed by atoms with Gasteiger partial charge < -0.3 is 15.0 Å². The van der Waals surface area contributed by atoms with E-state index in [4.69, 9.17) is 27.9 Å². The molecule has 0 heterocycles. The van der Waals surface area contributed by atoms with E-state index in [0.717, 1.165) is 16.5 Å². The van der Waals surface area contributed by atoms with E-state index in [2.05, 4.69) is 21.2 Å². The Bertz CT molecular complexity index is 935. The van der Waals surface area contributed by atoms with Crippen molar-refractivity contribution in [1.29, 1.82) is 0 Å². The summed E-state index contributed by atoms with van der Waals surface area (Å²) in [4.78, 5) is 27.8. The number of halogens is 3. The van der Waals surface area contributed by atoms with Crippen LogP contribution in [0.2, 0.25) is 10.0 Å². The Morgan fingerprint density at radius 2 is 1.78 bits per heavy atom. The van der Waals surface area contributed by atoms with Crippen LogP contribution in [0.25, 0.3) is 0 Å². The van der Waals surface area contributed by atoms with Gasteiger partial charge in [-0.25, -0.2) is 0 Å². The average Bonchev–Trinajstić information content (AvgIpc) is 2.76. The molecule has 0 aliphatic carbocycles. The zero-order valence-electron chi connectivity index (χ0n) is 18.8. The third kappa shape index (κ3) is 7.12. The Balaban J connectivity index is 2.29. The highest BCUT2D eigenvalue weighted by Gasteiger charge is 2.30. The molecule has 0 spiro atoms. The topological polar surface area (TPSA) is 58.6 Å². The molecule has 0 aliphatic heterocycles. The van der Waals surface area contributed by atoms with Crippen molar-refractivity contribution in [2.24, 2.45) is 0 Å². The first kappa shape index (κ1) is 26.5. The van der Waals surface area contributed by atoms with Crippen LogP contribution < -0.4 is 10.1 Å². The molecule has 1 N–H and O–H groups in total. The van der Waals surface area contributed by atoms with Crippen LogP contribution in [-0.4, -0.2) is 35.4 Å². The molecule has 2 rings (SSSR count). The van der Waals surface area contributed by atoms with Gasteiger partial charge in [-0.05, 0) is 62.6 Å². The van der Waals surface area contributed by atoms with Gasteiger partial charge in [0.25, 0.3) is 5.91 Å². The van der Waals surface area contributed by atoms with Crippen LogP contribution >= 0.6 is 39.1 Å². The van der Waals surface area contributed by atoms with Crippen molar-refractivity contribution < 1.29 is 14.3 Å². The van der Waals surface area contributed by atoms with Gasteiger partial charge in [0, 0.05) is 32.7 Å². The molecule has 0 saturated carbocycles. The van der Waals surface area contributed by atoms with Gasteiger partial charge in [0.15, 0.2) is 6.61 Å². The van der Waals surface area contributed by atoms with Crippen molar-refractivity contribution in [3.63, 3.8) is 0 Å². The summed E-state index contributed by atoms with van der Waals surface area (Å²) < 4.78 is 6.71. The fraction of sp³-hybridized carbons (Fsp3) is 0.417. The molecule has 32 heavy (non-hydrogen) atoms. The quantitative estimate of drug-likeness (QED) is 0.390. The zero-order chi connectivity index (χ0) is 23.8. The first-order valence-corrected chi connectivity index (χ1v) is 12.1. The van der Waals surface area contributed by atoms with E-state index in [9.17, 15) is 9.59 Å². The van der Waals surface area contributed by atoms with Crippen molar-refractivity contribution in [2.75, 3.05) is 6.61 Å². The molecule has 0 radical (unpaired) electrons. The third-order valence-corrected chi connectivity index (χ3v) is 6.87. The highest BCUT2D eigenvalue weighted by Crippen LogP contribution is 2.27. The van der Waals surface area contributed by atoms with Crippen molar-refractivity contribution in [3.05, 3.63) is 62.0 Å². The Labute approximate surface area is 208 Å². The van der Waals surface area contributed by atoms with Gasteiger partial charge in [-0.1, -0.05) is 59.0 Å². The predicted octanol–water partition coefficient (Wildman–Crippen LogP) is 6.17. The summed E-state index contributed by atoms with van der Waals surface area (Å²) in [6.07, 6.45) is 1.23. The predicted molar refractivity (Wildman–Crippen MR) is 133 cm³/mol. The lowest BCUT2D eigenvalue weighted by molar-refractivity contribution is -0.143. The van der Waals surface area contributed by atoms with Gasteiger partial charge in [0.2, 0.25) is 5.91 Å². The Morgan fingerprint density at radius 3 is 2.34 bits per heavy atom. The van der Waals surface area contributed by atoms with E-state index in [1.54, 1.807) is 24.3 Å². The van der Waals surface area contributed by atoms with Crippen LogP contribution in [0, 0.1) is 6.92 Å². The van der Waals surface area contributed by atoms with Gasteiger partial charge >= 0.3 is 0 Å². The van der Waals surface area contributed by atoms with Crippen molar-refractivity contribution in [1.82, 2.24) is 10.2 Å². The number of hydrogen-bond acceptors (Lipinski definition) is 3. The molecular formula is C24H29BrCl2N2O3. The molecule has 0 fully saturated rings. The van der Waals surface area contributed by atoms with E-state index >= 15 is 0 Å². The number of nitrogens with zero attached hydrogens (tertiary/aromatic N) is 1. The maximum absolute atomic E-state index is 13.3. The van der Waals surface area contributed by atoms with Crippen molar-refractivity contribution >= 4 is 50.9 Å². The highest BCUT2D eigenvalue weighted by atomic mass is 79.9. The van der Waals surface area contributed by atoms with E-state index < -0.39 is 6.04 Å². The minimum atomic E-state index is -0.681. The van der Waals surface area contributed by atoms with E-state index in [-0.39, 0.29) is 31.0 Å². The van der Waals surface area contributed by atoms with Gasteiger partial charge in [-0.2, -0.15) is 0 Å². The number of amides is 2. The summed E-state index contributed by atoms with van der Waals surface area (Å²) in [6.45, 7) is 7.63. The molecule has 0 unspecified atom stereocenters. The summed E-state index contributed by atoms with van der Waals surface area (Å²) in [6, 6.07) is 9.99. The second-order valence-corrected chi connectivity index (χ2v) is 9.33. The van der Waals surface area contributed by atoms with Gasteiger partial charge in [0.1, 0.15) is 11.8 Å². The fourth-order valence-corrected chi connectivity index (χ4v) is 3.91. The summed E-state index contributed by atoms with van der Waals surface area (Å²) in [5, 5.41) is 3.86. The van der Waals surface area contributed by atoms with Crippen LogP contribution in [-0.2, 0) is 16.1 Å². The Hall–Kier alpha value is -1.76. The summed E-state index contributed by atoms with van der Waals surface area (Å²) in [7, 11) is 0. The van der Waals surface area contributed by atoms with E-state index in [0.29, 0.717) is 27.8 Å². The molecule has 0 aromatic heterocycles. The normalized spacial score (nSPS) is 12.7. The first-order valence-electron chi connectivity index (χ1n) is 10.6. The standard InChI is InChI=1S/C24H29BrCl2N2O3/c1-5-16(4)28-24(31)22(6-2)29(13-18-20(26)8-7-9-21(18)27)23(30)14-32-17-10-11-19(25)15(3)12-17/h7-12,16,22H,5-6,13-14H2,1-4H3,(H,28,31)/t16-,22+/m1/s1. The second-order valence-electron chi connectivity index (χ2n) is 7.66. The molecule has 0 aliphatic rings. The lowest BCUT2D eigenvalue weighted by Gasteiger charge is -2.32. The number of carbonyl (C=O) groups is 2. The summed E-state index contributed by atoms with van der Waals surface area (Å²) >= 11 is 16.2. The van der Waals surface area contributed by atoms with Crippen molar-refractivity contribution in [2.45, 2.75) is 59.2 Å². The maximum Gasteiger partial charge on any atom is 0.261 e. The molecule has 2 amide bonds. The minimum Gasteiger partial charge on any atom is -0.484 e. The lowest BCUT2D eigenvalue weighted by atomic mass is 10.1. The van der Waals surface area contributed by atoms with Crippen molar-refractivity contribution in [3.8, 4) is 5.75 Å². The average molecular weight is 544 g/mol. The molecule has 2 aromatic rings. The van der Waals surface area contributed by atoms with Gasteiger partial charge in [0.05, 0.1) is 0 Å². The lowest BCUT2D eigenvalue weighted by Crippen LogP contribution is -2.51. The number of rotatable bonds is 10. The van der Waals surface area contributed by atoms with Crippen LogP contribution in [0.5, 0.6) is 5.75 Å². The largest absolute Gasteiger partial charge is 0.484 e. The smallest absolute Gasteiger partial charge is 0.261 e. The van der Waals surface area contributed by atoms with Crippen LogP contribution in [0.15, 0.2) is 40.9 Å². The molecule has 0 bridgehead atoms. The number of benzene rings is 2. The molecule has 2 aromatic carbocycles. The monoisotopic (exact) mass is 542 g/mol. The molecule has 2 atom stereocenters. The summed E-state index contributed by atoms with van der Waals surface area (Å²) in [5.74, 6) is 0.0393. The SMILES string of the molecule is CC[C@@H](C)NC(=O)[C@H](CC)N(Cc1c(Cl)cccc1Cl)C(=O)COc1ccc(Br)c(C)c1. The molecule has 0 saturated heterocycles. The number of aryl methyl sites for hydroxylation is 1. The molecule has 174 valence electrons. The van der Waals surface area contributed by atoms with E-state index in [1.165, 1.54) is 4.90 Å². The fourth-order valence-electron chi connectivity index (χ4n) is 3.15. The summed E-state index contributed by atoms with van der Waals surface area (Å²) in [5.41, 5.74) is 1.59. The third-order valence-electron chi connectivity index (χ3n) is 5.27. The zero-order valence-corrected chi connectivity index (χ0v) is 21.9. The second kappa shape index (κ2) is 12.5. The van der Waals surface area contributed by atoms with Gasteiger partial charge in [-0.3, -0.25) is 9.59 Å². The minimum absolute atomic E-state index is 0.000561. The number of nitrogens with one attached hydrogen (secondary N) is 1. The van der Waals surface area contributed by atoms with E-state index in [1.807, 2.05) is 39.8 Å². The molecule has 8 heteroatoms. The van der Waals surface area contributed by atoms with Crippen LogP contribution in [0.1, 0.15) is 44.7 Å². The number of ether oxygens (including phenoxy) is 1. The van der Waals surface area contributed by atoms with Gasteiger partial charge in [-0.15, -0.1) is 0 Å². The van der Waals surface area contributed by atoms with Crippen LogP contribution in [0.4, 0.5) is 0 Å².